The van der Waals surface area contributed by atoms with Gasteiger partial charge in [0.2, 0.25) is 11.9 Å². The average molecular weight is 323 g/mol. The summed E-state index contributed by atoms with van der Waals surface area (Å²) in [6.45, 7) is 3.36. The van der Waals surface area contributed by atoms with Crippen molar-refractivity contribution in [2.45, 2.75) is 11.7 Å². The van der Waals surface area contributed by atoms with Gasteiger partial charge in [0.25, 0.3) is 0 Å². The van der Waals surface area contributed by atoms with Gasteiger partial charge in [-0.3, -0.25) is 9.36 Å². The molecule has 0 saturated carbocycles. The van der Waals surface area contributed by atoms with Crippen molar-refractivity contribution in [1.29, 1.82) is 0 Å². The summed E-state index contributed by atoms with van der Waals surface area (Å²) < 4.78 is 12.7. The van der Waals surface area contributed by atoms with Crippen LogP contribution in [0.3, 0.4) is 0 Å². The number of carbonyl (C=O) groups excluding carboxylic acids is 1. The fourth-order valence-electron chi connectivity index (χ4n) is 2.22. The number of carbonyl (C=O) groups is 1. The number of nitrogens with zero attached hydrogens (tertiary/aromatic N) is 4. The van der Waals surface area contributed by atoms with Crippen LogP contribution in [0, 0.1) is 0 Å². The lowest BCUT2D eigenvalue weighted by atomic mass is 10.4. The van der Waals surface area contributed by atoms with E-state index < -0.39 is 0 Å². The number of hydrogen-bond acceptors (Lipinski definition) is 7. The molecule has 9 heteroatoms. The molecule has 1 saturated heterocycles. The lowest BCUT2D eigenvalue weighted by Crippen LogP contribution is -2.38. The van der Waals surface area contributed by atoms with E-state index in [2.05, 4.69) is 15.1 Å². The lowest BCUT2D eigenvalue weighted by molar-refractivity contribution is -0.115. The molecule has 1 fully saturated rings. The summed E-state index contributed by atoms with van der Waals surface area (Å²) in [6, 6.07) is 3.73. The molecule has 3 rings (SSSR count). The van der Waals surface area contributed by atoms with Crippen LogP contribution in [0.5, 0.6) is 0 Å². The topological polar surface area (TPSA) is 99.4 Å². The number of anilines is 1. The molecule has 118 valence electrons. The van der Waals surface area contributed by atoms with Crippen LogP contribution >= 0.6 is 11.8 Å². The molecular formula is C13H17N5O3S. The average Bonchev–Trinajstić information content (AvgIpc) is 3.16. The first kappa shape index (κ1) is 14.9. The Bertz CT molecular complexity index is 622. The lowest BCUT2D eigenvalue weighted by Gasteiger charge is -2.27. The van der Waals surface area contributed by atoms with Crippen LogP contribution in [-0.2, 0) is 16.1 Å². The molecule has 1 aliphatic rings. The van der Waals surface area contributed by atoms with Crippen molar-refractivity contribution in [3.05, 3.63) is 24.2 Å². The molecular weight excluding hydrogens is 306 g/mol. The third kappa shape index (κ3) is 3.42. The summed E-state index contributed by atoms with van der Waals surface area (Å²) in [5.41, 5.74) is 5.21. The number of ether oxygens (including phenoxy) is 1. The maximum absolute atomic E-state index is 11.0. The van der Waals surface area contributed by atoms with E-state index in [-0.39, 0.29) is 11.7 Å². The molecule has 3 heterocycles. The van der Waals surface area contributed by atoms with Gasteiger partial charge in [-0.05, 0) is 12.1 Å². The van der Waals surface area contributed by atoms with Crippen LogP contribution in [0.1, 0.15) is 5.76 Å². The Morgan fingerprint density at radius 2 is 2.18 bits per heavy atom. The van der Waals surface area contributed by atoms with Gasteiger partial charge in [0.15, 0.2) is 5.16 Å². The van der Waals surface area contributed by atoms with Gasteiger partial charge in [-0.1, -0.05) is 11.8 Å². The van der Waals surface area contributed by atoms with Crippen LogP contribution in [0.2, 0.25) is 0 Å². The minimum absolute atomic E-state index is 0.166. The number of aromatic nitrogens is 3. The van der Waals surface area contributed by atoms with Crippen molar-refractivity contribution in [2.75, 3.05) is 37.0 Å². The quantitative estimate of drug-likeness (QED) is 0.765. The van der Waals surface area contributed by atoms with Crippen molar-refractivity contribution in [1.82, 2.24) is 14.8 Å². The highest BCUT2D eigenvalue weighted by Gasteiger charge is 2.21. The number of rotatable bonds is 6. The van der Waals surface area contributed by atoms with Gasteiger partial charge in [-0.2, -0.15) is 0 Å². The van der Waals surface area contributed by atoms with Crippen molar-refractivity contribution < 1.29 is 13.9 Å². The monoisotopic (exact) mass is 323 g/mol. The van der Waals surface area contributed by atoms with E-state index in [0.717, 1.165) is 24.8 Å². The number of thioether (sulfide) groups is 1. The standard InChI is InChI=1S/C13H17N5O3S/c14-11(19)9-22-13-16-15-12(17-3-6-20-7-4-17)18(13)8-10-2-1-5-21-10/h1-2,5H,3-4,6-9H2,(H2,14,19). The SMILES string of the molecule is NC(=O)CSc1nnc(N2CCOCC2)n1Cc1ccco1. The zero-order valence-corrected chi connectivity index (χ0v) is 12.8. The number of nitrogens with two attached hydrogens (primary N) is 1. The molecule has 0 spiro atoms. The summed E-state index contributed by atoms with van der Waals surface area (Å²) in [4.78, 5) is 13.1. The second-order valence-corrected chi connectivity index (χ2v) is 5.74. The second-order valence-electron chi connectivity index (χ2n) is 4.80. The maximum Gasteiger partial charge on any atom is 0.228 e. The molecule has 2 N–H and O–H groups in total. The fraction of sp³-hybridized carbons (Fsp3) is 0.462. The zero-order chi connectivity index (χ0) is 15.4. The van der Waals surface area contributed by atoms with Crippen LogP contribution in [0.25, 0.3) is 0 Å². The third-order valence-electron chi connectivity index (χ3n) is 3.23. The first-order chi connectivity index (χ1) is 10.7. The van der Waals surface area contributed by atoms with E-state index in [1.54, 1.807) is 6.26 Å². The number of hydrogen-bond donors (Lipinski definition) is 1. The second kappa shape index (κ2) is 6.84. The summed E-state index contributed by atoms with van der Waals surface area (Å²) in [5.74, 6) is 1.34. The molecule has 0 unspecified atom stereocenters. The molecule has 0 aliphatic carbocycles. The van der Waals surface area contributed by atoms with E-state index >= 15 is 0 Å². The first-order valence-corrected chi connectivity index (χ1v) is 7.92. The predicted octanol–water partition coefficient (Wildman–Crippen LogP) is 0.333. The third-order valence-corrected chi connectivity index (χ3v) is 4.22. The van der Waals surface area contributed by atoms with E-state index in [0.29, 0.717) is 24.9 Å². The molecule has 22 heavy (non-hydrogen) atoms. The molecule has 0 bridgehead atoms. The van der Waals surface area contributed by atoms with E-state index in [4.69, 9.17) is 14.9 Å². The predicted molar refractivity (Wildman–Crippen MR) is 80.8 cm³/mol. The van der Waals surface area contributed by atoms with Crippen LogP contribution in [0.4, 0.5) is 5.95 Å². The Balaban J connectivity index is 1.85. The molecule has 8 nitrogen and oxygen atoms in total. The molecule has 1 aliphatic heterocycles. The number of furan rings is 1. The van der Waals surface area contributed by atoms with Gasteiger partial charge >= 0.3 is 0 Å². The summed E-state index contributed by atoms with van der Waals surface area (Å²) in [5, 5.41) is 9.10. The van der Waals surface area contributed by atoms with Crippen molar-refractivity contribution in [2.24, 2.45) is 5.73 Å². The van der Waals surface area contributed by atoms with Gasteiger partial charge in [-0.25, -0.2) is 0 Å². The molecule has 0 aromatic carbocycles. The van der Waals surface area contributed by atoms with Gasteiger partial charge in [0, 0.05) is 13.1 Å². The minimum Gasteiger partial charge on any atom is -0.467 e. The van der Waals surface area contributed by atoms with Crippen LogP contribution in [-0.4, -0.2) is 52.7 Å². The Hall–Kier alpha value is -2.00. The highest BCUT2D eigenvalue weighted by atomic mass is 32.2. The van der Waals surface area contributed by atoms with Gasteiger partial charge in [0.05, 0.1) is 31.8 Å². The first-order valence-electron chi connectivity index (χ1n) is 6.93. The van der Waals surface area contributed by atoms with Gasteiger partial charge < -0.3 is 19.8 Å². The maximum atomic E-state index is 11.0. The number of morpholine rings is 1. The Kier molecular flexibility index (Phi) is 4.64. The van der Waals surface area contributed by atoms with Crippen LogP contribution < -0.4 is 10.6 Å². The Morgan fingerprint density at radius 1 is 1.36 bits per heavy atom. The van der Waals surface area contributed by atoms with E-state index in [1.165, 1.54) is 11.8 Å². The highest BCUT2D eigenvalue weighted by molar-refractivity contribution is 7.99. The number of primary amides is 1. The minimum atomic E-state index is -0.384. The molecule has 2 aromatic rings. The molecule has 0 radical (unpaired) electrons. The summed E-state index contributed by atoms with van der Waals surface area (Å²) in [6.07, 6.45) is 1.63. The van der Waals surface area contributed by atoms with Gasteiger partial charge in [-0.15, -0.1) is 10.2 Å². The Morgan fingerprint density at radius 3 is 2.86 bits per heavy atom. The van der Waals surface area contributed by atoms with Crippen molar-refractivity contribution >= 4 is 23.6 Å². The zero-order valence-electron chi connectivity index (χ0n) is 12.0. The van der Waals surface area contributed by atoms with Crippen molar-refractivity contribution in [3.8, 4) is 0 Å². The Labute approximate surface area is 131 Å². The van der Waals surface area contributed by atoms with Crippen molar-refractivity contribution in [3.63, 3.8) is 0 Å². The fourth-order valence-corrected chi connectivity index (χ4v) is 2.89. The molecule has 1 amide bonds. The highest BCUT2D eigenvalue weighted by Crippen LogP contribution is 2.24. The molecule has 2 aromatic heterocycles. The number of amides is 1. The smallest absolute Gasteiger partial charge is 0.228 e. The largest absolute Gasteiger partial charge is 0.467 e. The molecule has 0 atom stereocenters. The van der Waals surface area contributed by atoms with Gasteiger partial charge in [0.1, 0.15) is 5.76 Å². The summed E-state index contributed by atoms with van der Waals surface area (Å²) >= 11 is 1.28. The van der Waals surface area contributed by atoms with E-state index in [1.807, 2.05) is 16.7 Å². The van der Waals surface area contributed by atoms with E-state index in [9.17, 15) is 4.79 Å². The van der Waals surface area contributed by atoms with Crippen LogP contribution in [0.15, 0.2) is 28.0 Å². The summed E-state index contributed by atoms with van der Waals surface area (Å²) in [7, 11) is 0. The normalized spacial score (nSPS) is 15.2.